The van der Waals surface area contributed by atoms with Crippen LogP contribution in [0.4, 0.5) is 8.78 Å². The molecule has 4 heteroatoms. The zero-order valence-electron chi connectivity index (χ0n) is 6.81. The largest absolute Gasteiger partial charge is 0.486 e. The molecular weight excluding hydrogens is 176 g/mol. The van der Waals surface area contributed by atoms with Gasteiger partial charge in [-0.2, -0.15) is 0 Å². The number of hydrogen-bond acceptors (Lipinski definition) is 1. The summed E-state index contributed by atoms with van der Waals surface area (Å²) in [4.78, 5) is 2.85. The molecule has 1 aromatic carbocycles. The summed E-state index contributed by atoms with van der Waals surface area (Å²) in [5.74, 6) is -0.974. The van der Waals surface area contributed by atoms with Gasteiger partial charge in [-0.1, -0.05) is 0 Å². The van der Waals surface area contributed by atoms with Crippen molar-refractivity contribution in [3.8, 4) is 5.75 Å². The molecule has 0 unspecified atom stereocenters. The summed E-state index contributed by atoms with van der Waals surface area (Å²) in [6.07, 6.45) is 1.50. The Bertz CT molecular complexity index is 363. The molecule has 1 N–H and O–H groups in total. The van der Waals surface area contributed by atoms with E-state index in [-0.39, 0.29) is 11.3 Å². The maximum atomic E-state index is 13.1. The van der Waals surface area contributed by atoms with E-state index in [9.17, 15) is 8.78 Å². The lowest BCUT2D eigenvalue weighted by atomic mass is 10.2. The minimum absolute atomic E-state index is 0.252. The normalized spacial score (nSPS) is 14.6. The fraction of sp³-hybridized carbons (Fsp3) is 0.222. The predicted molar refractivity (Wildman–Crippen MR) is 42.8 cm³/mol. The number of fused-ring (bicyclic) bond motifs is 1. The Morgan fingerprint density at radius 3 is 3.00 bits per heavy atom. The molecule has 0 amide bonds. The second kappa shape index (κ2) is 3.12. The van der Waals surface area contributed by atoms with Crippen molar-refractivity contribution < 1.29 is 18.5 Å². The van der Waals surface area contributed by atoms with E-state index >= 15 is 0 Å². The Labute approximate surface area is 73.9 Å². The van der Waals surface area contributed by atoms with Gasteiger partial charge in [-0.25, -0.2) is 13.8 Å². The Morgan fingerprint density at radius 1 is 1.31 bits per heavy atom. The third kappa shape index (κ3) is 1.52. The van der Waals surface area contributed by atoms with Gasteiger partial charge in [-0.3, -0.25) is 0 Å². The summed E-state index contributed by atoms with van der Waals surface area (Å²) >= 11 is 0. The Kier molecular flexibility index (Phi) is 1.96. The molecule has 1 aromatic rings. The average Bonchev–Trinajstić information content (AvgIpc) is 2.28. The van der Waals surface area contributed by atoms with Crippen molar-refractivity contribution in [2.75, 3.05) is 13.2 Å². The fourth-order valence-electron chi connectivity index (χ4n) is 1.21. The van der Waals surface area contributed by atoms with Gasteiger partial charge in [-0.05, 0) is 0 Å². The van der Waals surface area contributed by atoms with E-state index in [1.165, 1.54) is 12.3 Å². The van der Waals surface area contributed by atoms with Crippen LogP contribution in [0.25, 0.3) is 0 Å². The molecular formula is C9H8F2NO+. The fourth-order valence-corrected chi connectivity index (χ4v) is 1.21. The summed E-state index contributed by atoms with van der Waals surface area (Å²) < 4.78 is 31.0. The van der Waals surface area contributed by atoms with Crippen molar-refractivity contribution in [3.63, 3.8) is 0 Å². The molecule has 0 fully saturated rings. The van der Waals surface area contributed by atoms with Crippen LogP contribution >= 0.6 is 0 Å². The van der Waals surface area contributed by atoms with E-state index in [2.05, 4.69) is 4.99 Å². The highest BCUT2D eigenvalue weighted by atomic mass is 19.1. The standard InChI is InChI=1S/C9H7F2NO/c10-6-3-8(11)7-5-12-1-2-13-9(7)4-6/h3-5H,1-2H2/p+1. The van der Waals surface area contributed by atoms with Crippen LogP contribution in [0.1, 0.15) is 5.56 Å². The van der Waals surface area contributed by atoms with E-state index in [1.54, 1.807) is 0 Å². The number of rotatable bonds is 0. The molecule has 68 valence electrons. The first-order valence-corrected chi connectivity index (χ1v) is 3.96. The van der Waals surface area contributed by atoms with Crippen molar-refractivity contribution in [2.45, 2.75) is 0 Å². The third-order valence-corrected chi connectivity index (χ3v) is 1.81. The van der Waals surface area contributed by atoms with Crippen LogP contribution in [0.15, 0.2) is 12.1 Å². The zero-order valence-corrected chi connectivity index (χ0v) is 6.81. The molecule has 0 spiro atoms. The van der Waals surface area contributed by atoms with Gasteiger partial charge in [0.2, 0.25) is 0 Å². The Morgan fingerprint density at radius 2 is 2.15 bits per heavy atom. The molecule has 13 heavy (non-hydrogen) atoms. The van der Waals surface area contributed by atoms with Crippen molar-refractivity contribution in [1.82, 2.24) is 0 Å². The molecule has 1 heterocycles. The molecule has 0 atom stereocenters. The van der Waals surface area contributed by atoms with Crippen LogP contribution in [0.3, 0.4) is 0 Å². The Hall–Kier alpha value is -1.45. The van der Waals surface area contributed by atoms with Gasteiger partial charge in [0, 0.05) is 12.1 Å². The van der Waals surface area contributed by atoms with Crippen LogP contribution in [0.2, 0.25) is 0 Å². The highest BCUT2D eigenvalue weighted by molar-refractivity contribution is 5.80. The number of benzene rings is 1. The first kappa shape index (κ1) is 8.16. The van der Waals surface area contributed by atoms with Gasteiger partial charge in [-0.15, -0.1) is 0 Å². The van der Waals surface area contributed by atoms with E-state index < -0.39 is 11.6 Å². The molecule has 0 bridgehead atoms. The predicted octanol–water partition coefficient (Wildman–Crippen LogP) is -0.143. The van der Waals surface area contributed by atoms with Gasteiger partial charge in [0.25, 0.3) is 0 Å². The molecule has 2 rings (SSSR count). The van der Waals surface area contributed by atoms with Gasteiger partial charge in [0.05, 0.1) is 0 Å². The van der Waals surface area contributed by atoms with Crippen LogP contribution in [0.5, 0.6) is 5.75 Å². The van der Waals surface area contributed by atoms with E-state index in [0.29, 0.717) is 13.2 Å². The van der Waals surface area contributed by atoms with Crippen LogP contribution in [-0.4, -0.2) is 19.4 Å². The van der Waals surface area contributed by atoms with E-state index in [1.807, 2.05) is 0 Å². The maximum absolute atomic E-state index is 13.1. The summed E-state index contributed by atoms with van der Waals surface area (Å²) in [6.45, 7) is 1.00. The molecule has 0 saturated heterocycles. The second-order valence-corrected chi connectivity index (χ2v) is 2.75. The quantitative estimate of drug-likeness (QED) is 0.595. The number of nitrogens with one attached hydrogen (secondary N) is 1. The minimum atomic E-state index is -0.619. The summed E-state index contributed by atoms with van der Waals surface area (Å²) in [6, 6.07) is 2.02. The second-order valence-electron chi connectivity index (χ2n) is 2.75. The molecule has 0 saturated carbocycles. The van der Waals surface area contributed by atoms with Crippen LogP contribution in [-0.2, 0) is 0 Å². The Balaban J connectivity index is 2.57. The zero-order chi connectivity index (χ0) is 9.26. The van der Waals surface area contributed by atoms with Crippen molar-refractivity contribution in [2.24, 2.45) is 0 Å². The van der Waals surface area contributed by atoms with Crippen LogP contribution < -0.4 is 9.73 Å². The monoisotopic (exact) mass is 184 g/mol. The average molecular weight is 184 g/mol. The van der Waals surface area contributed by atoms with Gasteiger partial charge >= 0.3 is 0 Å². The third-order valence-electron chi connectivity index (χ3n) is 1.81. The maximum Gasteiger partial charge on any atom is 0.175 e. The topological polar surface area (TPSA) is 23.2 Å². The lowest BCUT2D eigenvalue weighted by Gasteiger charge is -2.03. The highest BCUT2D eigenvalue weighted by Crippen LogP contribution is 2.21. The number of hydrogen-bond donors (Lipinski definition) is 1. The van der Waals surface area contributed by atoms with Gasteiger partial charge in [0.15, 0.2) is 12.8 Å². The molecule has 1 aliphatic rings. The molecule has 0 aromatic heterocycles. The van der Waals surface area contributed by atoms with Crippen LogP contribution in [0, 0.1) is 11.6 Å². The first-order chi connectivity index (χ1) is 6.27. The van der Waals surface area contributed by atoms with Gasteiger partial charge < -0.3 is 4.74 Å². The lowest BCUT2D eigenvalue weighted by Crippen LogP contribution is -2.70. The number of halogens is 2. The smallest absolute Gasteiger partial charge is 0.175 e. The minimum Gasteiger partial charge on any atom is -0.486 e. The lowest BCUT2D eigenvalue weighted by molar-refractivity contribution is -0.452. The van der Waals surface area contributed by atoms with Crippen molar-refractivity contribution in [1.29, 1.82) is 0 Å². The number of ether oxygens (including phenoxy) is 1. The molecule has 1 aliphatic heterocycles. The summed E-state index contributed by atoms with van der Waals surface area (Å²) in [5, 5.41) is 0. The molecule has 2 nitrogen and oxygen atoms in total. The first-order valence-electron chi connectivity index (χ1n) is 3.96. The molecule has 0 radical (unpaired) electrons. The van der Waals surface area contributed by atoms with Crippen molar-refractivity contribution in [3.05, 3.63) is 29.3 Å². The molecule has 0 aliphatic carbocycles. The van der Waals surface area contributed by atoms with Gasteiger partial charge in [0.1, 0.15) is 29.6 Å². The van der Waals surface area contributed by atoms with E-state index in [4.69, 9.17) is 4.74 Å². The summed E-state index contributed by atoms with van der Waals surface area (Å²) in [7, 11) is 0. The van der Waals surface area contributed by atoms with Crippen molar-refractivity contribution >= 4 is 6.21 Å². The van der Waals surface area contributed by atoms with E-state index in [0.717, 1.165) is 6.07 Å². The highest BCUT2D eigenvalue weighted by Gasteiger charge is 2.15. The summed E-state index contributed by atoms with van der Waals surface area (Å²) in [5.41, 5.74) is 0.277. The SMILES string of the molecule is Fc1cc(F)c2c(c1)OCC[NH+]=C2.